The molecule has 3 fully saturated rings. The molecule has 0 aromatic heterocycles. The van der Waals surface area contributed by atoms with Crippen molar-refractivity contribution in [2.75, 3.05) is 32.8 Å². The molecule has 5 rings (SSSR count). The highest BCUT2D eigenvalue weighted by Gasteiger charge is 2.37. The average Bonchev–Trinajstić information content (AvgIpc) is 3.62. The molecule has 7 nitrogen and oxygen atoms in total. The lowest BCUT2D eigenvalue weighted by Gasteiger charge is -2.39. The zero-order valence-corrected chi connectivity index (χ0v) is 25.5. The summed E-state index contributed by atoms with van der Waals surface area (Å²) in [6.45, 7) is 2.61. The van der Waals surface area contributed by atoms with Crippen LogP contribution in [-0.4, -0.2) is 68.5 Å². The van der Waals surface area contributed by atoms with E-state index >= 15 is 0 Å². The van der Waals surface area contributed by atoms with Crippen molar-refractivity contribution < 1.29 is 17.9 Å². The van der Waals surface area contributed by atoms with Gasteiger partial charge in [0.2, 0.25) is 15.9 Å². The van der Waals surface area contributed by atoms with Crippen molar-refractivity contribution in [2.24, 2.45) is 5.92 Å². The number of amides is 1. The van der Waals surface area contributed by atoms with Crippen LogP contribution in [0.4, 0.5) is 0 Å². The molecule has 1 saturated carbocycles. The van der Waals surface area contributed by atoms with Gasteiger partial charge in [0.05, 0.1) is 16.1 Å². The van der Waals surface area contributed by atoms with E-state index in [1.54, 1.807) is 0 Å². The second kappa shape index (κ2) is 13.3. The minimum Gasteiger partial charge on any atom is -0.367 e. The van der Waals surface area contributed by atoms with Crippen molar-refractivity contribution in [3.8, 4) is 0 Å². The van der Waals surface area contributed by atoms with Gasteiger partial charge in [-0.3, -0.25) is 9.69 Å². The molecular formula is C29H36Cl3N3O4S. The van der Waals surface area contributed by atoms with E-state index < -0.39 is 10.0 Å². The van der Waals surface area contributed by atoms with E-state index in [0.717, 1.165) is 38.8 Å². The summed E-state index contributed by atoms with van der Waals surface area (Å²) in [5, 5.41) is 3.36. The smallest absolute Gasteiger partial charge is 0.246 e. The van der Waals surface area contributed by atoms with Gasteiger partial charge >= 0.3 is 0 Å². The molecule has 2 saturated heterocycles. The zero-order chi connectivity index (χ0) is 28.3. The molecule has 2 atom stereocenters. The first-order chi connectivity index (χ1) is 19.2. The van der Waals surface area contributed by atoms with Crippen LogP contribution in [0.3, 0.4) is 0 Å². The number of likely N-dealkylation sites (tertiary alicyclic amines) is 1. The zero-order valence-electron chi connectivity index (χ0n) is 22.4. The Balaban J connectivity index is 1.09. The second-order valence-corrected chi connectivity index (χ2v) is 14.2. The molecule has 3 aliphatic rings. The van der Waals surface area contributed by atoms with Gasteiger partial charge in [-0.15, -0.1) is 0 Å². The summed E-state index contributed by atoms with van der Waals surface area (Å²) in [5.74, 6) is 0.423. The fraction of sp³-hybridized carbons (Fsp3) is 0.552. The molecule has 1 amide bonds. The highest BCUT2D eigenvalue weighted by Crippen LogP contribution is 2.40. The molecule has 218 valence electrons. The average molecular weight is 629 g/mol. The normalized spacial score (nSPS) is 25.2. The van der Waals surface area contributed by atoms with E-state index in [9.17, 15) is 13.2 Å². The van der Waals surface area contributed by atoms with E-state index in [2.05, 4.69) is 40.5 Å². The van der Waals surface area contributed by atoms with Gasteiger partial charge in [0, 0.05) is 30.2 Å². The molecule has 1 N–H and O–H groups in total. The van der Waals surface area contributed by atoms with Crippen molar-refractivity contribution in [3.05, 3.63) is 63.1 Å². The molecule has 1 aliphatic carbocycles. The number of hydrogen-bond donors (Lipinski definition) is 1. The third-order valence-corrected chi connectivity index (χ3v) is 11.4. The monoisotopic (exact) mass is 627 g/mol. The number of sulfonamides is 1. The molecule has 11 heteroatoms. The number of carbonyl (C=O) groups excluding carboxylic acids is 1. The van der Waals surface area contributed by atoms with Gasteiger partial charge in [-0.05, 0) is 81.6 Å². The molecule has 2 aromatic rings. The van der Waals surface area contributed by atoms with Crippen molar-refractivity contribution in [1.82, 2.24) is 14.5 Å². The Labute approximate surface area is 252 Å². The van der Waals surface area contributed by atoms with Gasteiger partial charge in [-0.1, -0.05) is 65.1 Å². The number of benzene rings is 2. The van der Waals surface area contributed by atoms with Crippen molar-refractivity contribution in [1.29, 1.82) is 0 Å². The van der Waals surface area contributed by atoms with Crippen LogP contribution in [0, 0.1) is 5.92 Å². The quantitative estimate of drug-likeness (QED) is 0.372. The van der Waals surface area contributed by atoms with Gasteiger partial charge in [-0.2, -0.15) is 4.31 Å². The van der Waals surface area contributed by atoms with Crippen LogP contribution in [0.2, 0.25) is 15.1 Å². The Bertz CT molecular complexity index is 1260. The van der Waals surface area contributed by atoms with Gasteiger partial charge < -0.3 is 10.1 Å². The molecule has 0 bridgehead atoms. The molecule has 2 unspecified atom stereocenters. The summed E-state index contributed by atoms with van der Waals surface area (Å²) in [4.78, 5) is 15.2. The Morgan fingerprint density at radius 3 is 2.25 bits per heavy atom. The predicted molar refractivity (Wildman–Crippen MR) is 158 cm³/mol. The summed E-state index contributed by atoms with van der Waals surface area (Å²) in [6.07, 6.45) is 6.69. The van der Waals surface area contributed by atoms with Crippen LogP contribution in [0.1, 0.15) is 56.6 Å². The largest absolute Gasteiger partial charge is 0.367 e. The number of hydrogen-bond acceptors (Lipinski definition) is 5. The minimum absolute atomic E-state index is 0.0218. The molecule has 0 radical (unpaired) electrons. The molecular weight excluding hydrogens is 593 g/mol. The second-order valence-electron chi connectivity index (χ2n) is 11.1. The summed E-state index contributed by atoms with van der Waals surface area (Å²) >= 11 is 18.2. The first-order valence-corrected chi connectivity index (χ1v) is 16.6. The lowest BCUT2D eigenvalue weighted by molar-refractivity contribution is -0.128. The van der Waals surface area contributed by atoms with Crippen LogP contribution in [0.25, 0.3) is 0 Å². The van der Waals surface area contributed by atoms with Gasteiger partial charge in [0.15, 0.2) is 0 Å². The lowest BCUT2D eigenvalue weighted by atomic mass is 9.78. The SMILES string of the molecule is O=C(COC1CCN(S(=O)(=O)c2c(Cl)cc(Cl)cc2Cl)C1)NC1CCC(C(c2ccccc2)N2CCCC2)CC1. The van der Waals surface area contributed by atoms with Crippen LogP contribution < -0.4 is 5.32 Å². The lowest BCUT2D eigenvalue weighted by Crippen LogP contribution is -2.42. The number of rotatable bonds is 9. The molecule has 40 heavy (non-hydrogen) atoms. The first kappa shape index (κ1) is 30.1. The maximum Gasteiger partial charge on any atom is 0.246 e. The van der Waals surface area contributed by atoms with E-state index in [1.807, 2.05) is 0 Å². The van der Waals surface area contributed by atoms with Crippen LogP contribution >= 0.6 is 34.8 Å². The van der Waals surface area contributed by atoms with Crippen LogP contribution in [-0.2, 0) is 19.6 Å². The highest BCUT2D eigenvalue weighted by molar-refractivity contribution is 7.89. The van der Waals surface area contributed by atoms with Crippen molar-refractivity contribution >= 4 is 50.7 Å². The van der Waals surface area contributed by atoms with Gasteiger partial charge in [0.1, 0.15) is 11.5 Å². The Kier molecular flexibility index (Phi) is 9.99. The van der Waals surface area contributed by atoms with E-state index in [4.69, 9.17) is 39.5 Å². The molecule has 0 spiro atoms. The number of nitrogens with zero attached hydrogens (tertiary/aromatic N) is 2. The van der Waals surface area contributed by atoms with E-state index in [0.29, 0.717) is 18.4 Å². The Morgan fingerprint density at radius 1 is 0.950 bits per heavy atom. The Hall–Kier alpha value is -1.39. The molecule has 2 heterocycles. The minimum atomic E-state index is -3.92. The van der Waals surface area contributed by atoms with E-state index in [1.165, 1.54) is 34.8 Å². The summed E-state index contributed by atoms with van der Waals surface area (Å²) in [6, 6.07) is 14.1. The number of ether oxygens (including phenoxy) is 1. The standard InChI is InChI=1S/C29H36Cl3N3O4S/c30-22-16-25(31)29(26(32)17-22)40(37,38)35-15-12-24(18-35)39-19-27(36)33-23-10-8-21(9-11-23)28(34-13-4-5-14-34)20-6-2-1-3-7-20/h1-3,6-7,16-17,21,23-24,28H,4-5,8-15,18-19H2,(H,33,36). The van der Waals surface area contributed by atoms with Crippen LogP contribution in [0.15, 0.2) is 47.4 Å². The number of halogens is 3. The van der Waals surface area contributed by atoms with E-state index in [-0.39, 0.29) is 57.7 Å². The van der Waals surface area contributed by atoms with Crippen molar-refractivity contribution in [2.45, 2.75) is 68.0 Å². The Morgan fingerprint density at radius 2 is 1.60 bits per heavy atom. The third-order valence-electron chi connectivity index (χ3n) is 8.38. The fourth-order valence-corrected chi connectivity index (χ4v) is 9.43. The number of carbonyl (C=O) groups is 1. The third kappa shape index (κ3) is 6.97. The summed E-state index contributed by atoms with van der Waals surface area (Å²) in [5.41, 5.74) is 1.40. The first-order valence-electron chi connectivity index (χ1n) is 14.1. The maximum atomic E-state index is 13.2. The molecule has 2 aliphatic heterocycles. The predicted octanol–water partition coefficient (Wildman–Crippen LogP) is 5.94. The summed E-state index contributed by atoms with van der Waals surface area (Å²) < 4.78 is 33.4. The maximum absolute atomic E-state index is 13.2. The van der Waals surface area contributed by atoms with Crippen LogP contribution in [0.5, 0.6) is 0 Å². The van der Waals surface area contributed by atoms with Crippen molar-refractivity contribution in [3.63, 3.8) is 0 Å². The highest BCUT2D eigenvalue weighted by atomic mass is 35.5. The fourth-order valence-electron chi connectivity index (χ4n) is 6.45. The topological polar surface area (TPSA) is 78.9 Å². The number of nitrogens with one attached hydrogen (secondary N) is 1. The van der Waals surface area contributed by atoms with Gasteiger partial charge in [-0.25, -0.2) is 8.42 Å². The summed E-state index contributed by atoms with van der Waals surface area (Å²) in [7, 11) is -3.92. The molecule has 2 aromatic carbocycles. The van der Waals surface area contributed by atoms with Gasteiger partial charge in [0.25, 0.3) is 0 Å².